The first-order valence-corrected chi connectivity index (χ1v) is 12.4. The summed E-state index contributed by atoms with van der Waals surface area (Å²) in [6.07, 6.45) is 2.13. The highest BCUT2D eigenvalue weighted by Crippen LogP contribution is 2.29. The lowest BCUT2D eigenvalue weighted by molar-refractivity contribution is -0.134. The lowest BCUT2D eigenvalue weighted by Crippen LogP contribution is -2.52. The molecule has 0 aliphatic rings. The average molecular weight is 506 g/mol. The minimum atomic E-state index is -1.20. The lowest BCUT2D eigenvalue weighted by atomic mass is 9.82. The fourth-order valence-electron chi connectivity index (χ4n) is 3.69. The zero-order valence-electron chi connectivity index (χ0n) is 22.6. The van der Waals surface area contributed by atoms with Gasteiger partial charge in [-0.1, -0.05) is 92.7 Å². The van der Waals surface area contributed by atoms with Crippen molar-refractivity contribution in [3.8, 4) is 0 Å². The van der Waals surface area contributed by atoms with E-state index in [9.17, 15) is 4.79 Å². The summed E-state index contributed by atoms with van der Waals surface area (Å²) < 4.78 is 0. The van der Waals surface area contributed by atoms with Gasteiger partial charge in [0.15, 0.2) is 0 Å². The topological polar surface area (TPSA) is 125 Å². The van der Waals surface area contributed by atoms with Crippen molar-refractivity contribution >= 4 is 24.7 Å². The van der Waals surface area contributed by atoms with E-state index in [1.54, 1.807) is 4.90 Å². The summed E-state index contributed by atoms with van der Waals surface area (Å²) in [5.74, 6) is -0.0910. The van der Waals surface area contributed by atoms with Gasteiger partial charge in [-0.15, -0.1) is 0 Å². The van der Waals surface area contributed by atoms with Gasteiger partial charge >= 0.3 is 0 Å². The SMILES string of the molecule is C=N.CC.Cc1ccccc1NCCCCN(C)C(=O)C(N)(c1ccccc1)c1ccccc1.NC=O. The molecule has 6 N–H and O–H groups in total. The monoisotopic (exact) mass is 505 g/mol. The van der Waals surface area contributed by atoms with Gasteiger partial charge in [0.2, 0.25) is 6.41 Å². The third-order valence-corrected chi connectivity index (χ3v) is 5.52. The number of amides is 2. The number of carbonyl (C=O) groups excluding carboxylic acids is 2. The number of nitrogens with zero attached hydrogens (tertiary/aromatic N) is 1. The van der Waals surface area contributed by atoms with E-state index in [0.717, 1.165) is 36.2 Å². The Kier molecular flexibility index (Phi) is 17.2. The van der Waals surface area contributed by atoms with Gasteiger partial charge in [0.1, 0.15) is 5.54 Å². The Balaban J connectivity index is 0.00000169. The fourth-order valence-corrected chi connectivity index (χ4v) is 3.69. The molecule has 0 aliphatic carbocycles. The van der Waals surface area contributed by atoms with Gasteiger partial charge in [0.05, 0.1) is 0 Å². The molecule has 3 aromatic carbocycles. The number of benzene rings is 3. The van der Waals surface area contributed by atoms with Gasteiger partial charge in [-0.3, -0.25) is 9.59 Å². The number of nitrogens with two attached hydrogens (primary N) is 2. The molecule has 0 spiro atoms. The third-order valence-electron chi connectivity index (χ3n) is 5.52. The van der Waals surface area contributed by atoms with Crippen LogP contribution in [0, 0.1) is 12.3 Å². The average Bonchev–Trinajstić information content (AvgIpc) is 2.96. The second-order valence-corrected chi connectivity index (χ2v) is 7.85. The predicted octanol–water partition coefficient (Wildman–Crippen LogP) is 4.94. The molecule has 0 aliphatic heterocycles. The summed E-state index contributed by atoms with van der Waals surface area (Å²) in [7, 11) is 1.84. The molecule has 0 bridgehead atoms. The molecule has 2 amide bonds. The molecule has 0 unspecified atom stereocenters. The molecule has 0 heterocycles. The van der Waals surface area contributed by atoms with Crippen LogP contribution in [0.4, 0.5) is 5.69 Å². The third kappa shape index (κ3) is 10.3. The lowest BCUT2D eigenvalue weighted by Gasteiger charge is -2.33. The molecule has 7 nitrogen and oxygen atoms in total. The Bertz CT molecular complexity index is 973. The second kappa shape index (κ2) is 19.2. The van der Waals surface area contributed by atoms with Crippen molar-refractivity contribution < 1.29 is 9.59 Å². The number of hydrogen-bond acceptors (Lipinski definition) is 5. The number of para-hydroxylation sites is 1. The predicted molar refractivity (Wildman–Crippen MR) is 156 cm³/mol. The first-order valence-electron chi connectivity index (χ1n) is 12.4. The van der Waals surface area contributed by atoms with Crippen molar-refractivity contribution in [1.29, 1.82) is 5.41 Å². The number of unbranched alkanes of at least 4 members (excludes halogenated alkanes) is 1. The molecule has 0 fully saturated rings. The molecular formula is C30H43N5O2. The number of primary amides is 1. The summed E-state index contributed by atoms with van der Waals surface area (Å²) in [6, 6.07) is 27.5. The molecule has 3 aromatic rings. The fraction of sp³-hybridized carbons (Fsp3) is 0.300. The van der Waals surface area contributed by atoms with Crippen LogP contribution >= 0.6 is 0 Å². The molecule has 3 rings (SSSR count). The van der Waals surface area contributed by atoms with Gasteiger partial charge in [0, 0.05) is 25.8 Å². The standard InChI is InChI=1S/C26H31N3O.C2H6.CH3NO.CH3N/c1-21-13-9-10-18-24(21)28-19-11-12-20-29(2)25(30)26(27,22-14-5-3-6-15-22)23-16-7-4-8-17-23;1-2;2-1-3;1-2/h3-10,13-18,28H,11-12,19-20,27H2,1-2H3;1-2H3;1H,(H2,2,3);2H,1H2. The van der Waals surface area contributed by atoms with Crippen LogP contribution in [0.2, 0.25) is 0 Å². The number of carbonyl (C=O) groups is 2. The number of rotatable bonds is 9. The molecule has 0 radical (unpaired) electrons. The van der Waals surface area contributed by atoms with Crippen molar-refractivity contribution in [2.24, 2.45) is 11.5 Å². The summed E-state index contributed by atoms with van der Waals surface area (Å²) in [5.41, 5.74) is 13.8. The zero-order chi connectivity index (χ0) is 28.1. The number of aryl methyl sites for hydroxylation is 1. The number of anilines is 1. The van der Waals surface area contributed by atoms with Gasteiger partial charge in [-0.2, -0.15) is 0 Å². The minimum Gasteiger partial charge on any atom is -0.385 e. The summed E-state index contributed by atoms with van der Waals surface area (Å²) in [4.78, 5) is 23.8. The van der Waals surface area contributed by atoms with Crippen LogP contribution in [0.15, 0.2) is 84.9 Å². The molecule has 0 saturated heterocycles. The maximum Gasteiger partial charge on any atom is 0.251 e. The van der Waals surface area contributed by atoms with Crippen LogP contribution in [0.1, 0.15) is 43.4 Å². The Morgan fingerprint density at radius 3 is 1.81 bits per heavy atom. The summed E-state index contributed by atoms with van der Waals surface area (Å²) in [6.45, 7) is 10.1. The summed E-state index contributed by atoms with van der Waals surface area (Å²) in [5, 5.41) is 8.97. The Morgan fingerprint density at radius 1 is 0.919 bits per heavy atom. The van der Waals surface area contributed by atoms with Crippen LogP contribution in [0.3, 0.4) is 0 Å². The number of nitrogens with one attached hydrogen (secondary N) is 2. The Hall–Kier alpha value is -3.97. The smallest absolute Gasteiger partial charge is 0.251 e. The van der Waals surface area contributed by atoms with Gasteiger partial charge in [0.25, 0.3) is 5.91 Å². The highest BCUT2D eigenvalue weighted by molar-refractivity contribution is 5.91. The van der Waals surface area contributed by atoms with Crippen LogP contribution in [0.5, 0.6) is 0 Å². The first kappa shape index (κ1) is 33.0. The van der Waals surface area contributed by atoms with E-state index in [0.29, 0.717) is 6.54 Å². The van der Waals surface area contributed by atoms with Gasteiger partial charge in [-0.25, -0.2) is 0 Å². The Morgan fingerprint density at radius 2 is 1.35 bits per heavy atom. The quantitative estimate of drug-likeness (QED) is 0.187. The van der Waals surface area contributed by atoms with E-state index >= 15 is 0 Å². The van der Waals surface area contributed by atoms with Crippen LogP contribution in [-0.4, -0.2) is 44.1 Å². The Labute approximate surface area is 222 Å². The molecule has 200 valence electrons. The number of hydrogen-bond donors (Lipinski definition) is 4. The van der Waals surface area contributed by atoms with Crippen molar-refractivity contribution in [3.63, 3.8) is 0 Å². The van der Waals surface area contributed by atoms with E-state index in [-0.39, 0.29) is 12.3 Å². The minimum absolute atomic E-state index is 0.0910. The van der Waals surface area contributed by atoms with E-state index in [1.807, 2.05) is 93.7 Å². The molecular weight excluding hydrogens is 462 g/mol. The molecule has 0 aromatic heterocycles. The van der Waals surface area contributed by atoms with Crippen LogP contribution < -0.4 is 16.8 Å². The van der Waals surface area contributed by atoms with Crippen molar-refractivity contribution in [2.45, 2.75) is 39.2 Å². The highest BCUT2D eigenvalue weighted by Gasteiger charge is 2.39. The van der Waals surface area contributed by atoms with Crippen molar-refractivity contribution in [2.75, 3.05) is 25.5 Å². The van der Waals surface area contributed by atoms with Crippen molar-refractivity contribution in [1.82, 2.24) is 4.90 Å². The van der Waals surface area contributed by atoms with E-state index < -0.39 is 5.54 Å². The van der Waals surface area contributed by atoms with E-state index in [2.05, 4.69) is 36.8 Å². The first-order chi connectivity index (χ1) is 17.9. The normalized spacial score (nSPS) is 9.65. The summed E-state index contributed by atoms with van der Waals surface area (Å²) >= 11 is 0. The zero-order valence-corrected chi connectivity index (χ0v) is 22.6. The second-order valence-electron chi connectivity index (χ2n) is 7.85. The molecule has 0 atom stereocenters. The molecule has 7 heteroatoms. The van der Waals surface area contributed by atoms with E-state index in [4.69, 9.17) is 15.9 Å². The van der Waals surface area contributed by atoms with Crippen molar-refractivity contribution in [3.05, 3.63) is 102 Å². The maximum absolute atomic E-state index is 13.5. The molecule has 37 heavy (non-hydrogen) atoms. The van der Waals surface area contributed by atoms with Crippen LogP contribution in [0.25, 0.3) is 0 Å². The highest BCUT2D eigenvalue weighted by atomic mass is 16.2. The van der Waals surface area contributed by atoms with E-state index in [1.165, 1.54) is 5.56 Å². The molecule has 0 saturated carbocycles. The largest absolute Gasteiger partial charge is 0.385 e. The van der Waals surface area contributed by atoms with Crippen LogP contribution in [-0.2, 0) is 15.1 Å². The number of likely N-dealkylation sites (N-methyl/N-ethyl adjacent to an activating group) is 1. The van der Waals surface area contributed by atoms with Gasteiger partial charge < -0.3 is 27.1 Å². The maximum atomic E-state index is 13.5. The van der Waals surface area contributed by atoms with Gasteiger partial charge in [-0.05, 0) is 49.2 Å².